The van der Waals surface area contributed by atoms with Crippen molar-refractivity contribution < 1.29 is 18.3 Å². The fraction of sp³-hybridized carbons (Fsp3) is 0.333. The van der Waals surface area contributed by atoms with E-state index in [-0.39, 0.29) is 33.0 Å². The van der Waals surface area contributed by atoms with Crippen molar-refractivity contribution in [2.45, 2.75) is 45.4 Å². The first kappa shape index (κ1) is 21.5. The van der Waals surface area contributed by atoms with Gasteiger partial charge in [0, 0.05) is 0 Å². The van der Waals surface area contributed by atoms with Crippen LogP contribution in [0.2, 0.25) is 0 Å². The molecule has 0 amide bonds. The van der Waals surface area contributed by atoms with Crippen LogP contribution in [0.25, 0.3) is 21.5 Å². The molecule has 2 aromatic heterocycles. The summed E-state index contributed by atoms with van der Waals surface area (Å²) in [5, 5.41) is -0.698. The van der Waals surface area contributed by atoms with E-state index in [0.29, 0.717) is 12.4 Å². The molecule has 0 unspecified atom stereocenters. The second-order valence-electron chi connectivity index (χ2n) is 7.59. The molecule has 32 heavy (non-hydrogen) atoms. The average molecular weight is 438 g/mol. The van der Waals surface area contributed by atoms with Crippen LogP contribution >= 0.6 is 0 Å². The van der Waals surface area contributed by atoms with Crippen molar-refractivity contribution in [1.82, 2.24) is 0 Å². The third-order valence-electron chi connectivity index (χ3n) is 5.31. The maximum absolute atomic E-state index is 12.2. The van der Waals surface area contributed by atoms with Gasteiger partial charge in [-0.15, -0.1) is 0 Å². The minimum Gasteiger partial charge on any atom is -0.494 e. The molecule has 2 heterocycles. The van der Waals surface area contributed by atoms with Crippen LogP contribution in [0.5, 0.6) is 17.2 Å². The summed E-state index contributed by atoms with van der Waals surface area (Å²) in [6.07, 6.45) is 7.01. The highest BCUT2D eigenvalue weighted by Gasteiger charge is 2.24. The Morgan fingerprint density at radius 2 is 1.22 bits per heavy atom. The first-order valence-corrected chi connectivity index (χ1v) is 10.6. The molecule has 8 heteroatoms. The van der Waals surface area contributed by atoms with Gasteiger partial charge in [0.25, 0.3) is 0 Å². The van der Waals surface area contributed by atoms with Gasteiger partial charge in [-0.3, -0.25) is 0 Å². The van der Waals surface area contributed by atoms with Crippen molar-refractivity contribution in [1.29, 1.82) is 0 Å². The Morgan fingerprint density at radius 3 is 1.81 bits per heavy atom. The van der Waals surface area contributed by atoms with Gasteiger partial charge in [0.1, 0.15) is 22.3 Å². The zero-order valence-electron chi connectivity index (χ0n) is 17.6. The molecule has 0 aliphatic heterocycles. The van der Waals surface area contributed by atoms with Crippen molar-refractivity contribution in [3.63, 3.8) is 0 Å². The molecular formula is C24H22O8. The highest BCUT2D eigenvalue weighted by atomic mass is 16.5. The van der Waals surface area contributed by atoms with E-state index in [9.17, 15) is 19.2 Å². The second-order valence-corrected chi connectivity index (χ2v) is 7.59. The highest BCUT2D eigenvalue weighted by Crippen LogP contribution is 2.33. The average Bonchev–Trinajstić information content (AvgIpc) is 3.23. The van der Waals surface area contributed by atoms with Gasteiger partial charge in [-0.1, -0.05) is 39.0 Å². The summed E-state index contributed by atoms with van der Waals surface area (Å²) in [5.74, 6) is 0.704. The van der Waals surface area contributed by atoms with Crippen LogP contribution in [0.15, 0.2) is 58.3 Å². The number of unbranched alkanes of at least 4 members (excludes halogenated alkanes) is 5. The van der Waals surface area contributed by atoms with Crippen LogP contribution in [-0.4, -0.2) is 6.61 Å². The number of furan rings is 2. The predicted octanol–water partition coefficient (Wildman–Crippen LogP) is 4.03. The van der Waals surface area contributed by atoms with Crippen LogP contribution in [0.3, 0.4) is 0 Å². The van der Waals surface area contributed by atoms with Gasteiger partial charge in [-0.2, -0.15) is 0 Å². The molecule has 0 fully saturated rings. The van der Waals surface area contributed by atoms with Gasteiger partial charge in [0.2, 0.25) is 0 Å². The molecule has 4 aromatic rings. The lowest BCUT2D eigenvalue weighted by molar-refractivity contribution is 0.304. The number of ether oxygens (including phenoxy) is 2. The topological polar surface area (TPSA) is 113 Å². The highest BCUT2D eigenvalue weighted by molar-refractivity contribution is 6.04. The number of hydrogen-bond donors (Lipinski definition) is 0. The van der Waals surface area contributed by atoms with Crippen LogP contribution in [0.4, 0.5) is 0 Å². The van der Waals surface area contributed by atoms with Gasteiger partial charge in [0.05, 0.1) is 17.4 Å². The fourth-order valence-electron chi connectivity index (χ4n) is 3.66. The van der Waals surface area contributed by atoms with Gasteiger partial charge < -0.3 is 18.3 Å². The van der Waals surface area contributed by atoms with Gasteiger partial charge in [0.15, 0.2) is 5.75 Å². The molecule has 0 aliphatic rings. The molecular weight excluding hydrogens is 416 g/mol. The maximum atomic E-state index is 12.2. The third kappa shape index (κ3) is 4.21. The molecule has 8 nitrogen and oxygen atoms in total. The summed E-state index contributed by atoms with van der Waals surface area (Å²) in [6, 6.07) is 7.72. The summed E-state index contributed by atoms with van der Waals surface area (Å²) in [5.41, 5.74) is -3.73. The van der Waals surface area contributed by atoms with E-state index >= 15 is 0 Å². The van der Waals surface area contributed by atoms with Gasteiger partial charge in [-0.25, -0.2) is 19.2 Å². The van der Waals surface area contributed by atoms with E-state index in [2.05, 4.69) is 15.8 Å². The van der Waals surface area contributed by atoms with Crippen molar-refractivity contribution in [2.75, 3.05) is 6.61 Å². The van der Waals surface area contributed by atoms with Crippen LogP contribution in [0.1, 0.15) is 45.4 Å². The van der Waals surface area contributed by atoms with Crippen molar-refractivity contribution in [2.24, 2.45) is 0 Å². The molecule has 0 bridgehead atoms. The molecule has 0 saturated heterocycles. The Kier molecular flexibility index (Phi) is 6.20. The van der Waals surface area contributed by atoms with Gasteiger partial charge >= 0.3 is 22.5 Å². The molecule has 2 aromatic carbocycles. The number of fused-ring (bicyclic) bond motifs is 2. The van der Waals surface area contributed by atoms with E-state index in [1.165, 1.54) is 25.7 Å². The van der Waals surface area contributed by atoms with E-state index in [1.54, 1.807) is 24.3 Å². The SMILES string of the molecule is CCCCCCCCOc1ccc(Oc2c3c(=O)oc(=O)c3cc3c(=O)oc(=O)c23)cc1. The zero-order valence-corrected chi connectivity index (χ0v) is 17.6. The van der Waals surface area contributed by atoms with Crippen molar-refractivity contribution >= 4 is 21.5 Å². The van der Waals surface area contributed by atoms with E-state index in [0.717, 1.165) is 18.9 Å². The fourth-order valence-corrected chi connectivity index (χ4v) is 3.66. The Labute approximate surface area is 181 Å². The lowest BCUT2D eigenvalue weighted by atomic mass is 10.1. The molecule has 0 atom stereocenters. The smallest absolute Gasteiger partial charge is 0.350 e. The second kappa shape index (κ2) is 9.21. The standard InChI is InChI=1S/C24H22O8/c1-2-3-4-5-6-7-12-29-14-8-10-15(11-9-14)30-20-18-16(21(25)31-23(18)27)13-17-19(20)24(28)32-22(17)26/h8-11,13H,2-7,12H2,1H3. The lowest BCUT2D eigenvalue weighted by Gasteiger charge is -2.09. The molecule has 0 aliphatic carbocycles. The Hall–Kier alpha value is -3.68. The Balaban J connectivity index is 1.55. The van der Waals surface area contributed by atoms with E-state index < -0.39 is 22.5 Å². The quantitative estimate of drug-likeness (QED) is 0.341. The Morgan fingerprint density at radius 1 is 0.688 bits per heavy atom. The molecule has 4 rings (SSSR count). The monoisotopic (exact) mass is 438 g/mol. The van der Waals surface area contributed by atoms with Gasteiger partial charge in [-0.05, 0) is 36.8 Å². The number of hydrogen-bond acceptors (Lipinski definition) is 8. The summed E-state index contributed by atoms with van der Waals surface area (Å²) in [7, 11) is 0. The van der Waals surface area contributed by atoms with Crippen molar-refractivity contribution in [3.05, 3.63) is 72.0 Å². The largest absolute Gasteiger partial charge is 0.494 e. The minimum absolute atomic E-state index is 0.144. The summed E-state index contributed by atoms with van der Waals surface area (Å²) >= 11 is 0. The minimum atomic E-state index is -0.950. The lowest BCUT2D eigenvalue weighted by Crippen LogP contribution is -2.00. The zero-order chi connectivity index (χ0) is 22.7. The van der Waals surface area contributed by atoms with Crippen molar-refractivity contribution in [3.8, 4) is 17.2 Å². The third-order valence-corrected chi connectivity index (χ3v) is 5.31. The van der Waals surface area contributed by atoms with E-state index in [1.807, 2.05) is 0 Å². The molecule has 166 valence electrons. The predicted molar refractivity (Wildman–Crippen MR) is 119 cm³/mol. The molecule has 0 saturated carbocycles. The summed E-state index contributed by atoms with van der Waals surface area (Å²) in [4.78, 5) is 48.3. The number of benzene rings is 2. The first-order valence-electron chi connectivity index (χ1n) is 10.6. The Bertz CT molecular complexity index is 1360. The summed E-state index contributed by atoms with van der Waals surface area (Å²) < 4.78 is 20.8. The molecule has 0 radical (unpaired) electrons. The van der Waals surface area contributed by atoms with E-state index in [4.69, 9.17) is 9.47 Å². The van der Waals surface area contributed by atoms with Crippen LogP contribution in [0, 0.1) is 0 Å². The maximum Gasteiger partial charge on any atom is 0.350 e. The van der Waals surface area contributed by atoms with Crippen LogP contribution < -0.4 is 32.0 Å². The first-order chi connectivity index (χ1) is 15.5. The summed E-state index contributed by atoms with van der Waals surface area (Å²) in [6.45, 7) is 2.79. The normalized spacial score (nSPS) is 11.4. The van der Waals surface area contributed by atoms with Crippen LogP contribution in [-0.2, 0) is 0 Å². The molecule has 0 spiro atoms. The number of rotatable bonds is 10. The molecule has 0 N–H and O–H groups in total.